The molecule has 1 heterocycles. The number of hydrogen-bond donors (Lipinski definition) is 1. The second-order valence-electron chi connectivity index (χ2n) is 5.11. The molecule has 0 aliphatic rings. The molecule has 3 aromatic rings. The monoisotopic (exact) mass is 325 g/mol. The molecule has 0 saturated carbocycles. The molecule has 116 valence electrons. The highest BCUT2D eigenvalue weighted by molar-refractivity contribution is 7.20. The number of carbonyl (C=O) groups is 2. The largest absolute Gasteiger partial charge is 0.497 e. The van der Waals surface area contributed by atoms with Gasteiger partial charge in [-0.15, -0.1) is 11.3 Å². The Bertz CT molecular complexity index is 898. The van der Waals surface area contributed by atoms with Gasteiger partial charge in [0.15, 0.2) is 0 Å². The minimum atomic E-state index is -0.390. The van der Waals surface area contributed by atoms with E-state index < -0.39 is 5.91 Å². The van der Waals surface area contributed by atoms with Crippen LogP contribution >= 0.6 is 11.3 Å². The summed E-state index contributed by atoms with van der Waals surface area (Å²) in [5.41, 5.74) is 1.34. The number of methoxy groups -OCH3 is 1. The average Bonchev–Trinajstić information content (AvgIpc) is 2.98. The van der Waals surface area contributed by atoms with Gasteiger partial charge >= 0.3 is 0 Å². The Hall–Kier alpha value is -2.66. The highest BCUT2D eigenvalue weighted by Crippen LogP contribution is 2.28. The molecule has 0 spiro atoms. The molecule has 1 N–H and O–H groups in total. The van der Waals surface area contributed by atoms with Crippen LogP contribution in [-0.2, 0) is 0 Å². The van der Waals surface area contributed by atoms with E-state index in [1.165, 1.54) is 11.3 Å². The van der Waals surface area contributed by atoms with Gasteiger partial charge in [-0.1, -0.05) is 18.2 Å². The number of benzene rings is 2. The minimum Gasteiger partial charge on any atom is -0.497 e. The van der Waals surface area contributed by atoms with Crippen LogP contribution in [0.2, 0.25) is 0 Å². The van der Waals surface area contributed by atoms with Gasteiger partial charge in [0.2, 0.25) is 0 Å². The molecule has 0 fully saturated rings. The van der Waals surface area contributed by atoms with Crippen molar-refractivity contribution in [3.8, 4) is 5.75 Å². The number of rotatable bonds is 3. The SMILES string of the molecule is COc1ccc2sc(C(=O)NC(=O)c3ccccc3C)cc2c1. The zero-order valence-corrected chi connectivity index (χ0v) is 13.6. The lowest BCUT2D eigenvalue weighted by Gasteiger charge is -2.05. The fourth-order valence-electron chi connectivity index (χ4n) is 2.32. The summed E-state index contributed by atoms with van der Waals surface area (Å²) < 4.78 is 6.15. The van der Waals surface area contributed by atoms with Crippen LogP contribution in [0.3, 0.4) is 0 Å². The van der Waals surface area contributed by atoms with E-state index in [-0.39, 0.29) is 5.91 Å². The zero-order valence-electron chi connectivity index (χ0n) is 12.8. The summed E-state index contributed by atoms with van der Waals surface area (Å²) in [6, 6.07) is 14.6. The van der Waals surface area contributed by atoms with Gasteiger partial charge in [0.05, 0.1) is 12.0 Å². The molecule has 0 aliphatic carbocycles. The van der Waals surface area contributed by atoms with Crippen molar-refractivity contribution < 1.29 is 14.3 Å². The van der Waals surface area contributed by atoms with Crippen molar-refractivity contribution in [2.75, 3.05) is 7.11 Å². The van der Waals surface area contributed by atoms with Crippen molar-refractivity contribution in [2.45, 2.75) is 6.92 Å². The summed E-state index contributed by atoms with van der Waals surface area (Å²) in [5, 5.41) is 3.36. The summed E-state index contributed by atoms with van der Waals surface area (Å²) in [5.74, 6) is -0.0419. The third kappa shape index (κ3) is 3.10. The Labute approximate surface area is 137 Å². The predicted molar refractivity (Wildman–Crippen MR) is 91.4 cm³/mol. The second-order valence-corrected chi connectivity index (χ2v) is 6.20. The van der Waals surface area contributed by atoms with Crippen molar-refractivity contribution in [2.24, 2.45) is 0 Å². The summed E-state index contributed by atoms with van der Waals surface area (Å²) in [6.07, 6.45) is 0. The van der Waals surface area contributed by atoms with E-state index in [4.69, 9.17) is 4.74 Å². The molecule has 0 atom stereocenters. The Kier molecular flexibility index (Phi) is 4.12. The number of nitrogens with one attached hydrogen (secondary N) is 1. The molecule has 5 heteroatoms. The number of ether oxygens (including phenoxy) is 1. The van der Waals surface area contributed by atoms with Gasteiger partial charge in [0, 0.05) is 10.3 Å². The maximum Gasteiger partial charge on any atom is 0.268 e. The Morgan fingerprint density at radius 2 is 1.83 bits per heavy atom. The number of imide groups is 1. The molecule has 2 amide bonds. The third-order valence-electron chi connectivity index (χ3n) is 3.56. The fourth-order valence-corrected chi connectivity index (χ4v) is 3.26. The summed E-state index contributed by atoms with van der Waals surface area (Å²) in [4.78, 5) is 25.0. The molecule has 0 unspecified atom stereocenters. The van der Waals surface area contributed by atoms with E-state index in [1.807, 2.05) is 37.3 Å². The number of hydrogen-bond acceptors (Lipinski definition) is 4. The van der Waals surface area contributed by atoms with E-state index >= 15 is 0 Å². The molecular weight excluding hydrogens is 310 g/mol. The molecule has 3 rings (SSSR count). The van der Waals surface area contributed by atoms with Crippen LogP contribution in [0, 0.1) is 6.92 Å². The van der Waals surface area contributed by atoms with Crippen molar-refractivity contribution in [3.63, 3.8) is 0 Å². The highest BCUT2D eigenvalue weighted by Gasteiger charge is 2.16. The quantitative estimate of drug-likeness (QED) is 0.746. The maximum absolute atomic E-state index is 12.3. The number of carbonyl (C=O) groups excluding carboxylic acids is 2. The van der Waals surface area contributed by atoms with Crippen molar-refractivity contribution in [1.29, 1.82) is 0 Å². The lowest BCUT2D eigenvalue weighted by molar-refractivity contribution is 0.0851. The van der Waals surface area contributed by atoms with Gasteiger partial charge in [0.1, 0.15) is 5.75 Å². The number of aryl methyl sites for hydroxylation is 1. The van der Waals surface area contributed by atoms with E-state index in [0.717, 1.165) is 21.4 Å². The summed E-state index contributed by atoms with van der Waals surface area (Å²) in [6.45, 7) is 1.84. The first kappa shape index (κ1) is 15.2. The lowest BCUT2D eigenvalue weighted by Crippen LogP contribution is -2.30. The second kappa shape index (κ2) is 6.22. The first-order chi connectivity index (χ1) is 11.1. The fraction of sp³-hybridized carbons (Fsp3) is 0.111. The topological polar surface area (TPSA) is 55.4 Å². The number of thiophene rings is 1. The average molecular weight is 325 g/mol. The summed E-state index contributed by atoms with van der Waals surface area (Å²) >= 11 is 1.35. The van der Waals surface area contributed by atoms with Crippen LogP contribution in [0.15, 0.2) is 48.5 Å². The van der Waals surface area contributed by atoms with Gasteiger partial charge in [0.25, 0.3) is 11.8 Å². The normalized spacial score (nSPS) is 10.5. The van der Waals surface area contributed by atoms with Gasteiger partial charge in [-0.2, -0.15) is 0 Å². The zero-order chi connectivity index (χ0) is 16.4. The van der Waals surface area contributed by atoms with E-state index in [0.29, 0.717) is 10.4 Å². The van der Waals surface area contributed by atoms with Crippen LogP contribution in [0.5, 0.6) is 5.75 Å². The molecule has 0 radical (unpaired) electrons. The van der Waals surface area contributed by atoms with Crippen LogP contribution in [-0.4, -0.2) is 18.9 Å². The number of fused-ring (bicyclic) bond motifs is 1. The van der Waals surface area contributed by atoms with Crippen LogP contribution < -0.4 is 10.1 Å². The molecule has 0 saturated heterocycles. The van der Waals surface area contributed by atoms with Crippen molar-refractivity contribution >= 4 is 33.2 Å². The summed E-state index contributed by atoms with van der Waals surface area (Å²) in [7, 11) is 1.60. The lowest BCUT2D eigenvalue weighted by atomic mass is 10.1. The molecule has 4 nitrogen and oxygen atoms in total. The van der Waals surface area contributed by atoms with Crippen LogP contribution in [0.1, 0.15) is 25.6 Å². The molecule has 1 aromatic heterocycles. The third-order valence-corrected chi connectivity index (χ3v) is 4.68. The number of amides is 2. The van der Waals surface area contributed by atoms with E-state index in [9.17, 15) is 9.59 Å². The standard InChI is InChI=1S/C18H15NO3S/c1-11-5-3-4-6-14(11)17(20)19-18(21)16-10-12-9-13(22-2)7-8-15(12)23-16/h3-10H,1-2H3,(H,19,20,21). The first-order valence-corrected chi connectivity index (χ1v) is 7.89. The predicted octanol–water partition coefficient (Wildman–Crippen LogP) is 3.79. The van der Waals surface area contributed by atoms with Gasteiger partial charge in [-0.05, 0) is 48.2 Å². The minimum absolute atomic E-state index is 0.386. The van der Waals surface area contributed by atoms with E-state index in [1.54, 1.807) is 25.3 Å². The Morgan fingerprint density at radius 1 is 1.04 bits per heavy atom. The van der Waals surface area contributed by atoms with Gasteiger partial charge in [-0.3, -0.25) is 14.9 Å². The van der Waals surface area contributed by atoms with E-state index in [2.05, 4.69) is 5.32 Å². The molecular formula is C18H15NO3S. The highest BCUT2D eigenvalue weighted by atomic mass is 32.1. The molecule has 0 bridgehead atoms. The van der Waals surface area contributed by atoms with Gasteiger partial charge in [-0.25, -0.2) is 0 Å². The van der Waals surface area contributed by atoms with Crippen LogP contribution in [0.25, 0.3) is 10.1 Å². The van der Waals surface area contributed by atoms with Gasteiger partial charge < -0.3 is 4.74 Å². The van der Waals surface area contributed by atoms with Crippen LogP contribution in [0.4, 0.5) is 0 Å². The smallest absolute Gasteiger partial charge is 0.268 e. The molecule has 2 aromatic carbocycles. The Morgan fingerprint density at radius 3 is 2.57 bits per heavy atom. The molecule has 23 heavy (non-hydrogen) atoms. The first-order valence-electron chi connectivity index (χ1n) is 7.07. The van der Waals surface area contributed by atoms with Crippen molar-refractivity contribution in [3.05, 3.63) is 64.5 Å². The van der Waals surface area contributed by atoms with Crippen molar-refractivity contribution in [1.82, 2.24) is 5.32 Å². The molecule has 0 aliphatic heterocycles. The Balaban J connectivity index is 1.83. The maximum atomic E-state index is 12.3.